The molecule has 0 bridgehead atoms. The van der Waals surface area contributed by atoms with Crippen LogP contribution in [0.15, 0.2) is 60.7 Å². The Bertz CT molecular complexity index is 640. The lowest BCUT2D eigenvalue weighted by molar-refractivity contribution is 0.335. The van der Waals surface area contributed by atoms with Crippen LogP contribution in [0.25, 0.3) is 0 Å². The fourth-order valence-electron chi connectivity index (χ4n) is 3.33. The number of benzene rings is 2. The minimum absolute atomic E-state index is 0. The lowest BCUT2D eigenvalue weighted by Crippen LogP contribution is -2.48. The van der Waals surface area contributed by atoms with Gasteiger partial charge in [-0.15, -0.1) is 12.4 Å². The fraction of sp³-hybridized carbons (Fsp3) is 0.500. The molecule has 0 saturated carbocycles. The van der Waals surface area contributed by atoms with E-state index in [9.17, 15) is 0 Å². The van der Waals surface area contributed by atoms with Gasteiger partial charge in [-0.3, -0.25) is 0 Å². The van der Waals surface area contributed by atoms with Crippen molar-refractivity contribution in [3.05, 3.63) is 71.8 Å². The minimum atomic E-state index is -0.0323. The average Bonchev–Trinajstić information content (AvgIpc) is 2.62. The van der Waals surface area contributed by atoms with Gasteiger partial charge in [-0.05, 0) is 48.8 Å². The molecule has 4 heteroatoms. The van der Waals surface area contributed by atoms with E-state index in [2.05, 4.69) is 80.7 Å². The fourth-order valence-corrected chi connectivity index (χ4v) is 3.33. The second-order valence-electron chi connectivity index (χ2n) is 8.90. The number of halogens is 1. The Morgan fingerprint density at radius 3 is 1.79 bits per heavy atom. The predicted octanol–water partition coefficient (Wildman–Crippen LogP) is 4.33. The van der Waals surface area contributed by atoms with Crippen molar-refractivity contribution in [1.82, 2.24) is 5.32 Å². The van der Waals surface area contributed by atoms with Gasteiger partial charge in [0.15, 0.2) is 0 Å². The molecule has 2 aromatic rings. The molecule has 3 atom stereocenters. The van der Waals surface area contributed by atoms with Crippen molar-refractivity contribution in [3.8, 4) is 0 Å². The van der Waals surface area contributed by atoms with Crippen LogP contribution in [0.2, 0.25) is 0 Å². The summed E-state index contributed by atoms with van der Waals surface area (Å²) in [6, 6.07) is 21.3. The monoisotopic (exact) mass is 403 g/mol. The van der Waals surface area contributed by atoms with E-state index in [4.69, 9.17) is 11.5 Å². The van der Waals surface area contributed by atoms with E-state index in [1.54, 1.807) is 0 Å². The van der Waals surface area contributed by atoms with Gasteiger partial charge in [0.05, 0.1) is 0 Å². The second-order valence-corrected chi connectivity index (χ2v) is 8.90. The van der Waals surface area contributed by atoms with Crippen molar-refractivity contribution in [3.63, 3.8) is 0 Å². The molecule has 2 aromatic carbocycles. The largest absolute Gasteiger partial charge is 0.326 e. The van der Waals surface area contributed by atoms with Crippen molar-refractivity contribution < 1.29 is 0 Å². The highest BCUT2D eigenvalue weighted by Crippen LogP contribution is 2.18. The molecule has 2 rings (SSSR count). The van der Waals surface area contributed by atoms with Crippen LogP contribution in [0, 0.1) is 5.41 Å². The quantitative estimate of drug-likeness (QED) is 0.553. The van der Waals surface area contributed by atoms with Crippen LogP contribution in [0.5, 0.6) is 0 Å². The first kappa shape index (κ1) is 24.6. The SMILES string of the molecule is CC(C)(C)CCNC(Cc1ccccc1)CC(N)C(N)Cc1ccccc1.Cl. The van der Waals surface area contributed by atoms with Crippen LogP contribution >= 0.6 is 12.4 Å². The van der Waals surface area contributed by atoms with Gasteiger partial charge in [0.2, 0.25) is 0 Å². The zero-order chi connectivity index (χ0) is 19.7. The third-order valence-corrected chi connectivity index (χ3v) is 5.05. The van der Waals surface area contributed by atoms with Gasteiger partial charge < -0.3 is 16.8 Å². The van der Waals surface area contributed by atoms with E-state index in [-0.39, 0.29) is 24.5 Å². The van der Waals surface area contributed by atoms with Gasteiger partial charge in [0.1, 0.15) is 0 Å². The van der Waals surface area contributed by atoms with Gasteiger partial charge in [0, 0.05) is 18.1 Å². The normalized spacial score (nSPS) is 14.8. The maximum Gasteiger partial charge on any atom is 0.0233 e. The summed E-state index contributed by atoms with van der Waals surface area (Å²) in [6.45, 7) is 7.84. The van der Waals surface area contributed by atoms with Gasteiger partial charge in [0.25, 0.3) is 0 Å². The second kappa shape index (κ2) is 12.2. The predicted molar refractivity (Wildman–Crippen MR) is 124 cm³/mol. The molecule has 0 aromatic heterocycles. The summed E-state index contributed by atoms with van der Waals surface area (Å²) < 4.78 is 0. The molecule has 28 heavy (non-hydrogen) atoms. The first-order valence-corrected chi connectivity index (χ1v) is 10.2. The lowest BCUT2D eigenvalue weighted by Gasteiger charge is -2.28. The zero-order valence-electron chi connectivity index (χ0n) is 17.6. The highest BCUT2D eigenvalue weighted by Gasteiger charge is 2.20. The minimum Gasteiger partial charge on any atom is -0.326 e. The third-order valence-electron chi connectivity index (χ3n) is 5.05. The molecule has 0 radical (unpaired) electrons. The molecule has 0 amide bonds. The molecule has 3 unspecified atom stereocenters. The third kappa shape index (κ3) is 9.70. The van der Waals surface area contributed by atoms with Crippen LogP contribution in [-0.4, -0.2) is 24.7 Å². The molecular weight excluding hydrogens is 366 g/mol. The molecule has 0 saturated heterocycles. The highest BCUT2D eigenvalue weighted by atomic mass is 35.5. The van der Waals surface area contributed by atoms with Crippen molar-refractivity contribution >= 4 is 12.4 Å². The number of nitrogens with two attached hydrogens (primary N) is 2. The molecule has 0 aliphatic heterocycles. The van der Waals surface area contributed by atoms with E-state index in [0.717, 1.165) is 32.2 Å². The van der Waals surface area contributed by atoms with E-state index >= 15 is 0 Å². The Kier molecular flexibility index (Phi) is 10.8. The molecule has 0 heterocycles. The van der Waals surface area contributed by atoms with Crippen LogP contribution in [0.4, 0.5) is 0 Å². The maximum absolute atomic E-state index is 6.51. The van der Waals surface area contributed by atoms with Gasteiger partial charge in [-0.1, -0.05) is 81.4 Å². The summed E-state index contributed by atoms with van der Waals surface area (Å²) in [5.74, 6) is 0. The van der Waals surface area contributed by atoms with Crippen LogP contribution in [-0.2, 0) is 12.8 Å². The summed E-state index contributed by atoms with van der Waals surface area (Å²) in [4.78, 5) is 0. The smallest absolute Gasteiger partial charge is 0.0233 e. The first-order chi connectivity index (χ1) is 12.8. The van der Waals surface area contributed by atoms with E-state index in [1.807, 2.05) is 6.07 Å². The summed E-state index contributed by atoms with van der Waals surface area (Å²) in [7, 11) is 0. The van der Waals surface area contributed by atoms with Crippen molar-refractivity contribution in [2.45, 2.75) is 64.6 Å². The molecule has 3 nitrogen and oxygen atoms in total. The molecule has 0 fully saturated rings. The maximum atomic E-state index is 6.51. The van der Waals surface area contributed by atoms with Crippen molar-refractivity contribution in [2.75, 3.05) is 6.54 Å². The Balaban J connectivity index is 0.00000392. The summed E-state index contributed by atoms with van der Waals surface area (Å²) >= 11 is 0. The highest BCUT2D eigenvalue weighted by molar-refractivity contribution is 5.85. The Morgan fingerprint density at radius 2 is 1.29 bits per heavy atom. The molecule has 156 valence electrons. The van der Waals surface area contributed by atoms with Crippen molar-refractivity contribution in [2.24, 2.45) is 16.9 Å². The lowest BCUT2D eigenvalue weighted by atomic mass is 9.90. The van der Waals surface area contributed by atoms with Crippen LogP contribution in [0.1, 0.15) is 44.7 Å². The molecule has 0 spiro atoms. The van der Waals surface area contributed by atoms with Crippen LogP contribution in [0.3, 0.4) is 0 Å². The molecule has 0 aliphatic carbocycles. The zero-order valence-corrected chi connectivity index (χ0v) is 18.4. The number of rotatable bonds is 10. The topological polar surface area (TPSA) is 64.1 Å². The summed E-state index contributed by atoms with van der Waals surface area (Å²) in [5.41, 5.74) is 15.9. The van der Waals surface area contributed by atoms with Gasteiger partial charge >= 0.3 is 0 Å². The Morgan fingerprint density at radius 1 is 0.786 bits per heavy atom. The number of hydrogen-bond donors (Lipinski definition) is 3. The summed E-state index contributed by atoms with van der Waals surface area (Å²) in [5, 5.41) is 3.74. The Hall–Kier alpha value is -1.39. The van der Waals surface area contributed by atoms with Gasteiger partial charge in [-0.25, -0.2) is 0 Å². The van der Waals surface area contributed by atoms with Gasteiger partial charge in [-0.2, -0.15) is 0 Å². The van der Waals surface area contributed by atoms with E-state index in [1.165, 1.54) is 11.1 Å². The molecule has 0 aliphatic rings. The number of nitrogens with one attached hydrogen (secondary N) is 1. The van der Waals surface area contributed by atoms with E-state index in [0.29, 0.717) is 11.5 Å². The van der Waals surface area contributed by atoms with Crippen LogP contribution < -0.4 is 16.8 Å². The van der Waals surface area contributed by atoms with Crippen molar-refractivity contribution in [1.29, 1.82) is 0 Å². The average molecular weight is 404 g/mol. The van der Waals surface area contributed by atoms with E-state index < -0.39 is 0 Å². The molecular formula is C24H38ClN3. The first-order valence-electron chi connectivity index (χ1n) is 10.2. The molecule has 5 N–H and O–H groups in total. The Labute approximate surface area is 177 Å². The standard InChI is InChI=1S/C24H37N3.ClH/c1-24(2,3)14-15-27-21(16-19-10-6-4-7-11-19)18-23(26)22(25)17-20-12-8-5-9-13-20;/h4-13,21-23,27H,14-18,25-26H2,1-3H3;1H. The number of hydrogen-bond acceptors (Lipinski definition) is 3. The summed E-state index contributed by atoms with van der Waals surface area (Å²) in [6.07, 6.45) is 3.83.